The lowest BCUT2D eigenvalue weighted by atomic mass is 10.0. The van der Waals surface area contributed by atoms with Crippen LogP contribution in [-0.2, 0) is 18.3 Å². The fourth-order valence-electron chi connectivity index (χ4n) is 4.15. The van der Waals surface area contributed by atoms with Gasteiger partial charge in [-0.05, 0) is 26.3 Å². The largest absolute Gasteiger partial charge is 0.377 e. The first-order chi connectivity index (χ1) is 14.0. The van der Waals surface area contributed by atoms with Crippen molar-refractivity contribution in [3.63, 3.8) is 0 Å². The molecule has 3 heterocycles. The molecule has 0 N–H and O–H groups in total. The number of carbonyl (C=O) groups excluding carboxylic acids is 1. The molecule has 0 unspecified atom stereocenters. The summed E-state index contributed by atoms with van der Waals surface area (Å²) in [4.78, 5) is 15.2. The molecule has 152 valence electrons. The molecule has 0 bridgehead atoms. The number of carbonyl (C=O) groups is 1. The molecule has 1 aromatic carbocycles. The van der Waals surface area contributed by atoms with Crippen molar-refractivity contribution in [1.29, 1.82) is 0 Å². The molecule has 7 heteroatoms. The number of aromatic nitrogens is 4. The Hall–Kier alpha value is -2.93. The van der Waals surface area contributed by atoms with Gasteiger partial charge in [-0.15, -0.1) is 0 Å². The summed E-state index contributed by atoms with van der Waals surface area (Å²) in [5, 5.41) is 9.11. The molecule has 0 aliphatic carbocycles. The van der Waals surface area contributed by atoms with Gasteiger partial charge in [-0.25, -0.2) is 0 Å². The van der Waals surface area contributed by atoms with Gasteiger partial charge in [-0.3, -0.25) is 14.2 Å². The molecule has 0 spiro atoms. The predicted molar refractivity (Wildman–Crippen MR) is 110 cm³/mol. The van der Waals surface area contributed by atoms with Crippen LogP contribution >= 0.6 is 0 Å². The maximum absolute atomic E-state index is 13.3. The van der Waals surface area contributed by atoms with E-state index in [0.717, 1.165) is 22.6 Å². The third-order valence-electron chi connectivity index (χ3n) is 5.58. The van der Waals surface area contributed by atoms with Gasteiger partial charge in [0.25, 0.3) is 5.91 Å². The molecule has 29 heavy (non-hydrogen) atoms. The minimum Gasteiger partial charge on any atom is -0.377 e. The van der Waals surface area contributed by atoms with Crippen LogP contribution < -0.4 is 0 Å². The maximum atomic E-state index is 13.3. The molecule has 1 amide bonds. The van der Waals surface area contributed by atoms with Crippen molar-refractivity contribution >= 4 is 5.91 Å². The summed E-state index contributed by atoms with van der Waals surface area (Å²) in [5.74, 6) is -0.00138. The van der Waals surface area contributed by atoms with E-state index in [0.29, 0.717) is 31.9 Å². The second-order valence-electron chi connectivity index (χ2n) is 7.62. The summed E-state index contributed by atoms with van der Waals surface area (Å²) in [6.07, 6.45) is 1.79. The number of nitrogens with zero attached hydrogens (tertiary/aromatic N) is 5. The third-order valence-corrected chi connectivity index (χ3v) is 5.58. The molecule has 1 aliphatic heterocycles. The first kappa shape index (κ1) is 19.4. The van der Waals surface area contributed by atoms with Gasteiger partial charge in [-0.1, -0.05) is 30.3 Å². The smallest absolute Gasteiger partial charge is 0.257 e. The first-order valence-corrected chi connectivity index (χ1v) is 9.92. The van der Waals surface area contributed by atoms with Crippen molar-refractivity contribution < 1.29 is 9.53 Å². The minimum atomic E-state index is -0.152. The highest BCUT2D eigenvalue weighted by Crippen LogP contribution is 2.31. The lowest BCUT2D eigenvalue weighted by Gasteiger charge is -2.36. The molecule has 7 nitrogen and oxygen atoms in total. The van der Waals surface area contributed by atoms with Crippen molar-refractivity contribution in [3.05, 3.63) is 70.3 Å². The Morgan fingerprint density at radius 1 is 1.14 bits per heavy atom. The zero-order valence-corrected chi connectivity index (χ0v) is 17.4. The van der Waals surface area contributed by atoms with Crippen LogP contribution in [0.25, 0.3) is 0 Å². The predicted octanol–water partition coefficient (Wildman–Crippen LogP) is 2.80. The van der Waals surface area contributed by atoms with Crippen molar-refractivity contribution in [3.8, 4) is 0 Å². The van der Waals surface area contributed by atoms with E-state index in [2.05, 4.69) is 24.2 Å². The minimum absolute atomic E-state index is 0.00138. The number of amides is 1. The second kappa shape index (κ2) is 7.83. The van der Waals surface area contributed by atoms with Crippen LogP contribution in [0.2, 0.25) is 0 Å². The summed E-state index contributed by atoms with van der Waals surface area (Å²) in [7, 11) is 1.84. The van der Waals surface area contributed by atoms with Crippen LogP contribution in [0, 0.1) is 20.8 Å². The SMILES string of the molecule is Cc1nn(C)cc1C(=O)N1CCOC[C@@H]1c1c(C)nn(Cc2ccccc2)c1C. The van der Waals surface area contributed by atoms with E-state index in [1.54, 1.807) is 10.9 Å². The number of morpholine rings is 1. The molecular formula is C22H27N5O2. The molecule has 2 aromatic heterocycles. The number of ether oxygens (including phenoxy) is 1. The van der Waals surface area contributed by atoms with Crippen molar-refractivity contribution in [2.24, 2.45) is 7.05 Å². The van der Waals surface area contributed by atoms with E-state index in [-0.39, 0.29) is 11.9 Å². The van der Waals surface area contributed by atoms with Crippen LogP contribution in [0.3, 0.4) is 0 Å². The lowest BCUT2D eigenvalue weighted by molar-refractivity contribution is -0.00309. The molecule has 1 fully saturated rings. The summed E-state index contributed by atoms with van der Waals surface area (Å²) in [6.45, 7) is 8.23. The Morgan fingerprint density at radius 2 is 1.90 bits per heavy atom. The molecule has 0 saturated carbocycles. The number of hydrogen-bond donors (Lipinski definition) is 0. The zero-order valence-electron chi connectivity index (χ0n) is 17.4. The molecule has 1 saturated heterocycles. The van der Waals surface area contributed by atoms with Gasteiger partial charge in [0.05, 0.1) is 42.8 Å². The maximum Gasteiger partial charge on any atom is 0.257 e. The van der Waals surface area contributed by atoms with Crippen LogP contribution in [-0.4, -0.2) is 50.1 Å². The second-order valence-corrected chi connectivity index (χ2v) is 7.62. The van der Waals surface area contributed by atoms with Gasteiger partial charge >= 0.3 is 0 Å². The van der Waals surface area contributed by atoms with E-state index in [9.17, 15) is 4.79 Å². The van der Waals surface area contributed by atoms with Gasteiger partial charge < -0.3 is 9.64 Å². The number of benzene rings is 1. The van der Waals surface area contributed by atoms with Crippen LogP contribution in [0.4, 0.5) is 0 Å². The summed E-state index contributed by atoms with van der Waals surface area (Å²) >= 11 is 0. The van der Waals surface area contributed by atoms with Gasteiger partial charge in [0, 0.05) is 31.0 Å². The molecule has 3 aromatic rings. The van der Waals surface area contributed by atoms with Crippen LogP contribution in [0.15, 0.2) is 36.5 Å². The van der Waals surface area contributed by atoms with Crippen LogP contribution in [0.1, 0.15) is 44.6 Å². The molecule has 1 aliphatic rings. The molecule has 0 radical (unpaired) electrons. The van der Waals surface area contributed by atoms with Crippen molar-refractivity contribution in [2.75, 3.05) is 19.8 Å². The van der Waals surface area contributed by atoms with Crippen LogP contribution in [0.5, 0.6) is 0 Å². The lowest BCUT2D eigenvalue weighted by Crippen LogP contribution is -2.44. The average molecular weight is 393 g/mol. The standard InChI is InChI=1S/C22H27N5O2/c1-15-19(13-25(4)23-15)22(28)26-10-11-29-14-20(26)21-16(2)24-27(17(21)3)12-18-8-6-5-7-9-18/h5-9,13,20H,10-12,14H2,1-4H3/t20-/m1/s1. The summed E-state index contributed by atoms with van der Waals surface area (Å²) in [6, 6.07) is 10.1. The monoisotopic (exact) mass is 393 g/mol. The number of aryl methyl sites for hydroxylation is 3. The van der Waals surface area contributed by atoms with E-state index in [4.69, 9.17) is 9.84 Å². The third kappa shape index (κ3) is 3.70. The van der Waals surface area contributed by atoms with E-state index in [1.807, 2.05) is 48.7 Å². The Bertz CT molecular complexity index is 1020. The summed E-state index contributed by atoms with van der Waals surface area (Å²) in [5.41, 5.74) is 5.68. The average Bonchev–Trinajstić information content (AvgIpc) is 3.19. The normalized spacial score (nSPS) is 17.0. The summed E-state index contributed by atoms with van der Waals surface area (Å²) < 4.78 is 9.48. The first-order valence-electron chi connectivity index (χ1n) is 9.92. The van der Waals surface area contributed by atoms with E-state index < -0.39 is 0 Å². The Balaban J connectivity index is 1.67. The highest BCUT2D eigenvalue weighted by Gasteiger charge is 2.34. The highest BCUT2D eigenvalue weighted by molar-refractivity contribution is 5.95. The fourth-order valence-corrected chi connectivity index (χ4v) is 4.15. The zero-order chi connectivity index (χ0) is 20.5. The van der Waals surface area contributed by atoms with E-state index >= 15 is 0 Å². The van der Waals surface area contributed by atoms with Crippen molar-refractivity contribution in [2.45, 2.75) is 33.4 Å². The fraction of sp³-hybridized carbons (Fsp3) is 0.409. The molecule has 4 rings (SSSR count). The Kier molecular flexibility index (Phi) is 5.24. The Morgan fingerprint density at radius 3 is 2.59 bits per heavy atom. The number of rotatable bonds is 4. The highest BCUT2D eigenvalue weighted by atomic mass is 16.5. The van der Waals surface area contributed by atoms with Gasteiger partial charge in [0.2, 0.25) is 0 Å². The molecule has 1 atom stereocenters. The quantitative estimate of drug-likeness (QED) is 0.684. The van der Waals surface area contributed by atoms with Gasteiger partial charge in [-0.2, -0.15) is 10.2 Å². The topological polar surface area (TPSA) is 65.2 Å². The van der Waals surface area contributed by atoms with Gasteiger partial charge in [0.15, 0.2) is 0 Å². The molecular weight excluding hydrogens is 366 g/mol. The Labute approximate surface area is 170 Å². The van der Waals surface area contributed by atoms with Gasteiger partial charge in [0.1, 0.15) is 0 Å². The number of hydrogen-bond acceptors (Lipinski definition) is 4. The van der Waals surface area contributed by atoms with E-state index in [1.165, 1.54) is 5.56 Å². The van der Waals surface area contributed by atoms with Crippen molar-refractivity contribution in [1.82, 2.24) is 24.5 Å².